The lowest BCUT2D eigenvalue weighted by Gasteiger charge is -2.13. The first kappa shape index (κ1) is 23.9. The van der Waals surface area contributed by atoms with E-state index < -0.39 is 33.5 Å². The topological polar surface area (TPSA) is 90.9 Å². The van der Waals surface area contributed by atoms with E-state index in [1.54, 1.807) is 0 Å². The van der Waals surface area contributed by atoms with Gasteiger partial charge in [0.1, 0.15) is 16.4 Å². The van der Waals surface area contributed by atoms with Gasteiger partial charge in [0.15, 0.2) is 0 Å². The van der Waals surface area contributed by atoms with Crippen molar-refractivity contribution >= 4 is 21.4 Å². The van der Waals surface area contributed by atoms with Crippen LogP contribution in [-0.4, -0.2) is 23.0 Å². The first-order valence-electron chi connectivity index (χ1n) is 9.16. The van der Waals surface area contributed by atoms with Crippen molar-refractivity contribution in [2.75, 3.05) is 0 Å². The molecule has 0 amide bonds. The van der Waals surface area contributed by atoms with Gasteiger partial charge in [0.2, 0.25) is 10.0 Å². The van der Waals surface area contributed by atoms with Crippen LogP contribution in [0.15, 0.2) is 65.3 Å². The van der Waals surface area contributed by atoms with Crippen LogP contribution in [0, 0.1) is 0 Å². The Hall–Kier alpha value is -3.23. The van der Waals surface area contributed by atoms with Gasteiger partial charge in [-0.05, 0) is 36.4 Å². The number of rotatable bonds is 4. The van der Waals surface area contributed by atoms with Crippen LogP contribution < -0.4 is 5.14 Å². The fourth-order valence-corrected chi connectivity index (χ4v) is 4.67. The lowest BCUT2D eigenvalue weighted by molar-refractivity contribution is -0.138. The number of sulfonamides is 1. The summed E-state index contributed by atoms with van der Waals surface area (Å²) in [7, 11) is -3.93. The van der Waals surface area contributed by atoms with Crippen LogP contribution in [0.3, 0.4) is 0 Å². The van der Waals surface area contributed by atoms with E-state index in [1.807, 2.05) is 0 Å². The molecular weight excluding hydrogens is 506 g/mol. The summed E-state index contributed by atoms with van der Waals surface area (Å²) >= 11 is 0.831. The average molecular weight is 518 g/mol. The lowest BCUT2D eigenvalue weighted by Crippen LogP contribution is -2.09. The van der Waals surface area contributed by atoms with Crippen molar-refractivity contribution < 1.29 is 34.8 Å². The maximum absolute atomic E-state index is 13.5. The first-order chi connectivity index (χ1) is 15.7. The van der Waals surface area contributed by atoms with E-state index in [-0.39, 0.29) is 27.0 Å². The molecule has 2 N–H and O–H groups in total. The molecule has 4 rings (SSSR count). The summed E-state index contributed by atoms with van der Waals surface area (Å²) in [6.45, 7) is 0. The number of benzene rings is 1. The Morgan fingerprint density at radius 2 is 1.50 bits per heavy atom. The molecule has 0 aliphatic heterocycles. The van der Waals surface area contributed by atoms with E-state index in [9.17, 15) is 34.8 Å². The van der Waals surface area contributed by atoms with Gasteiger partial charge >= 0.3 is 12.4 Å². The molecule has 0 bridgehead atoms. The number of thiophene rings is 1. The molecule has 3 aromatic heterocycles. The van der Waals surface area contributed by atoms with Gasteiger partial charge in [0.05, 0.1) is 27.4 Å². The highest BCUT2D eigenvalue weighted by Crippen LogP contribution is 2.35. The molecule has 178 valence electrons. The summed E-state index contributed by atoms with van der Waals surface area (Å²) in [6.07, 6.45) is -6.81. The van der Waals surface area contributed by atoms with Gasteiger partial charge in [-0.1, -0.05) is 12.1 Å². The molecule has 4 aromatic rings. The Morgan fingerprint density at radius 1 is 0.853 bits per heavy atom. The minimum atomic E-state index is -4.75. The molecule has 14 heteroatoms. The molecule has 1 aromatic carbocycles. The summed E-state index contributed by atoms with van der Waals surface area (Å²) < 4.78 is 103. The molecular formula is C20H12F6N4O2S2. The van der Waals surface area contributed by atoms with Crippen LogP contribution in [0.4, 0.5) is 26.3 Å². The van der Waals surface area contributed by atoms with Gasteiger partial charge in [-0.2, -0.15) is 26.3 Å². The van der Waals surface area contributed by atoms with Gasteiger partial charge < -0.3 is 0 Å². The quantitative estimate of drug-likeness (QED) is 0.369. The predicted octanol–water partition coefficient (Wildman–Crippen LogP) is 5.35. The molecule has 3 heterocycles. The molecule has 0 atom stereocenters. The molecule has 34 heavy (non-hydrogen) atoms. The second-order valence-electron chi connectivity index (χ2n) is 7.00. The van der Waals surface area contributed by atoms with Gasteiger partial charge in [-0.25, -0.2) is 23.5 Å². The van der Waals surface area contributed by atoms with E-state index in [4.69, 9.17) is 5.14 Å². The third-order valence-corrected chi connectivity index (χ3v) is 7.15. The largest absolute Gasteiger partial charge is 0.416 e. The summed E-state index contributed by atoms with van der Waals surface area (Å²) in [5.74, 6) is -0.188. The molecule has 0 saturated carbocycles. The zero-order valence-corrected chi connectivity index (χ0v) is 18.2. The van der Waals surface area contributed by atoms with Crippen LogP contribution in [0.2, 0.25) is 0 Å². The molecule has 0 fully saturated rings. The Kier molecular flexibility index (Phi) is 5.78. The highest BCUT2D eigenvalue weighted by atomic mass is 32.2. The van der Waals surface area contributed by atoms with Crippen LogP contribution in [0.1, 0.15) is 11.1 Å². The predicted molar refractivity (Wildman–Crippen MR) is 111 cm³/mol. The molecule has 0 aliphatic rings. The number of nitrogens with two attached hydrogens (primary N) is 1. The van der Waals surface area contributed by atoms with Crippen molar-refractivity contribution in [3.8, 4) is 27.6 Å². The number of nitrogens with zero attached hydrogens (tertiary/aromatic N) is 3. The number of primary sulfonamides is 1. The van der Waals surface area contributed by atoms with Crippen molar-refractivity contribution in [1.29, 1.82) is 0 Å². The Balaban J connectivity index is 1.76. The van der Waals surface area contributed by atoms with Gasteiger partial charge in [-0.3, -0.25) is 4.57 Å². The molecule has 0 saturated heterocycles. The lowest BCUT2D eigenvalue weighted by atomic mass is 10.1. The van der Waals surface area contributed by atoms with Crippen LogP contribution >= 0.6 is 11.3 Å². The minimum Gasteiger partial charge on any atom is -0.290 e. The number of hydrogen-bond donors (Lipinski definition) is 1. The number of aromatic nitrogens is 3. The summed E-state index contributed by atoms with van der Waals surface area (Å²) in [6, 6.07) is 7.82. The zero-order valence-electron chi connectivity index (χ0n) is 16.6. The molecule has 6 nitrogen and oxygen atoms in total. The van der Waals surface area contributed by atoms with Gasteiger partial charge in [-0.15, -0.1) is 11.3 Å². The number of pyridine rings is 1. The van der Waals surface area contributed by atoms with Crippen molar-refractivity contribution in [3.05, 3.63) is 72.2 Å². The number of halogens is 6. The third kappa shape index (κ3) is 4.98. The molecule has 0 aliphatic carbocycles. The number of alkyl halides is 6. The Morgan fingerprint density at radius 3 is 2.06 bits per heavy atom. The Labute approximate surface area is 192 Å². The molecule has 0 spiro atoms. The van der Waals surface area contributed by atoms with Gasteiger partial charge in [0.25, 0.3) is 0 Å². The SMILES string of the molecule is NS(=O)(=O)c1ccc(-c2cn(-c3cc(C(F)(F)F)cc(-c4ccc(C(F)(F)F)cc4)n3)cn2)s1. The van der Waals surface area contributed by atoms with Crippen molar-refractivity contribution in [2.45, 2.75) is 16.6 Å². The van der Waals surface area contributed by atoms with Gasteiger partial charge in [0, 0.05) is 11.8 Å². The van der Waals surface area contributed by atoms with Crippen LogP contribution in [0.25, 0.3) is 27.6 Å². The van der Waals surface area contributed by atoms with Crippen LogP contribution in [0.5, 0.6) is 0 Å². The second-order valence-corrected chi connectivity index (χ2v) is 9.87. The first-order valence-corrected chi connectivity index (χ1v) is 11.5. The van der Waals surface area contributed by atoms with E-state index in [0.717, 1.165) is 47.7 Å². The second kappa shape index (κ2) is 8.21. The van der Waals surface area contributed by atoms with Crippen molar-refractivity contribution in [3.63, 3.8) is 0 Å². The monoisotopic (exact) mass is 518 g/mol. The van der Waals surface area contributed by atoms with E-state index in [2.05, 4.69) is 9.97 Å². The average Bonchev–Trinajstić information content (AvgIpc) is 3.42. The fourth-order valence-electron chi connectivity index (χ4n) is 2.98. The maximum Gasteiger partial charge on any atom is 0.416 e. The molecule has 0 radical (unpaired) electrons. The zero-order chi connectivity index (χ0) is 24.9. The summed E-state index contributed by atoms with van der Waals surface area (Å²) in [5, 5.41) is 5.08. The third-order valence-electron chi connectivity index (χ3n) is 4.61. The van der Waals surface area contributed by atoms with E-state index in [1.165, 1.54) is 29.2 Å². The highest BCUT2D eigenvalue weighted by Gasteiger charge is 2.33. The summed E-state index contributed by atoms with van der Waals surface area (Å²) in [4.78, 5) is 8.64. The van der Waals surface area contributed by atoms with E-state index >= 15 is 0 Å². The number of hydrogen-bond acceptors (Lipinski definition) is 5. The highest BCUT2D eigenvalue weighted by molar-refractivity contribution is 7.91. The smallest absolute Gasteiger partial charge is 0.290 e. The standard InChI is InChI=1S/C20H12F6N4O2S2/c21-19(22,23)12-3-1-11(2-4-12)14-7-13(20(24,25)26)8-17(29-14)30-9-15(28-10-30)16-5-6-18(33-16)34(27,31)32/h1-10H,(H2,27,31,32). The van der Waals surface area contributed by atoms with Crippen LogP contribution in [-0.2, 0) is 22.4 Å². The fraction of sp³-hybridized carbons (Fsp3) is 0.100. The number of imidazole rings is 1. The van der Waals surface area contributed by atoms with E-state index in [0.29, 0.717) is 4.88 Å². The van der Waals surface area contributed by atoms with Crippen molar-refractivity contribution in [2.24, 2.45) is 5.14 Å². The minimum absolute atomic E-state index is 0.0525. The normalized spacial score (nSPS) is 12.8. The summed E-state index contributed by atoms with van der Waals surface area (Å²) in [5.41, 5.74) is -1.89. The maximum atomic E-state index is 13.5. The Bertz CT molecular complexity index is 1460. The van der Waals surface area contributed by atoms with Crippen molar-refractivity contribution in [1.82, 2.24) is 14.5 Å². The molecule has 0 unspecified atom stereocenters.